The van der Waals surface area contributed by atoms with Crippen LogP contribution in [0.2, 0.25) is 0 Å². The Bertz CT molecular complexity index is 394. The Balaban J connectivity index is 2.56. The van der Waals surface area contributed by atoms with Gasteiger partial charge in [0.2, 0.25) is 0 Å². The lowest BCUT2D eigenvalue weighted by Gasteiger charge is -2.06. The number of rotatable bonds is 4. The van der Waals surface area contributed by atoms with Crippen LogP contribution in [0.3, 0.4) is 0 Å². The van der Waals surface area contributed by atoms with E-state index < -0.39 is 0 Å². The van der Waals surface area contributed by atoms with Gasteiger partial charge in [-0.05, 0) is 44.0 Å². The fraction of sp³-hybridized carbons (Fsp3) is 0.308. The smallest absolute Gasteiger partial charge is 0.311 e. The Morgan fingerprint density at radius 3 is 2.88 bits per heavy atom. The Morgan fingerprint density at radius 1 is 1.50 bits per heavy atom. The number of phenolic OH excluding ortho intramolecular Hbond substituents is 1. The molecule has 1 rings (SSSR count). The Hall–Kier alpha value is -1.77. The number of benzene rings is 1. The van der Waals surface area contributed by atoms with Gasteiger partial charge in [0.05, 0.1) is 0 Å². The van der Waals surface area contributed by atoms with Crippen molar-refractivity contribution in [2.24, 2.45) is 0 Å². The van der Waals surface area contributed by atoms with Crippen LogP contribution in [0.5, 0.6) is 11.5 Å². The van der Waals surface area contributed by atoms with Gasteiger partial charge in [0.25, 0.3) is 0 Å². The summed E-state index contributed by atoms with van der Waals surface area (Å²) in [4.78, 5) is 11.4. The molecule has 0 atom stereocenters. The molecule has 86 valence electrons. The molecule has 0 amide bonds. The van der Waals surface area contributed by atoms with Crippen molar-refractivity contribution >= 4 is 5.97 Å². The van der Waals surface area contributed by atoms with E-state index in [-0.39, 0.29) is 11.7 Å². The summed E-state index contributed by atoms with van der Waals surface area (Å²) >= 11 is 0. The van der Waals surface area contributed by atoms with Crippen LogP contribution in [0.25, 0.3) is 0 Å². The Kier molecular flexibility index (Phi) is 4.58. The summed E-state index contributed by atoms with van der Waals surface area (Å²) in [5.74, 6) is 0.418. The molecule has 0 aliphatic rings. The predicted octanol–water partition coefficient (Wildman–Crippen LogP) is 2.96. The zero-order valence-electron chi connectivity index (χ0n) is 9.56. The molecular weight excluding hydrogens is 204 g/mol. The zero-order valence-corrected chi connectivity index (χ0v) is 9.56. The number of hydrogen-bond acceptors (Lipinski definition) is 3. The molecule has 0 unspecified atom stereocenters. The van der Waals surface area contributed by atoms with E-state index in [1.807, 2.05) is 19.1 Å². The Labute approximate surface area is 95.4 Å². The highest BCUT2D eigenvalue weighted by Gasteiger charge is 2.06. The lowest BCUT2D eigenvalue weighted by Crippen LogP contribution is -2.07. The molecule has 3 heteroatoms. The van der Waals surface area contributed by atoms with Gasteiger partial charge in [0.1, 0.15) is 11.5 Å². The highest BCUT2D eigenvalue weighted by molar-refractivity contribution is 5.73. The topological polar surface area (TPSA) is 46.5 Å². The van der Waals surface area contributed by atoms with Gasteiger partial charge in [0, 0.05) is 6.42 Å². The van der Waals surface area contributed by atoms with Crippen molar-refractivity contribution in [2.75, 3.05) is 0 Å². The molecule has 0 aliphatic heterocycles. The first-order valence-corrected chi connectivity index (χ1v) is 5.25. The van der Waals surface area contributed by atoms with Crippen molar-refractivity contribution < 1.29 is 14.6 Å². The van der Waals surface area contributed by atoms with Crippen LogP contribution in [0.4, 0.5) is 0 Å². The number of hydrogen-bond donors (Lipinski definition) is 1. The van der Waals surface area contributed by atoms with Crippen LogP contribution in [-0.4, -0.2) is 11.1 Å². The largest absolute Gasteiger partial charge is 0.508 e. The minimum atomic E-state index is -0.258. The molecule has 0 bridgehead atoms. The van der Waals surface area contributed by atoms with Gasteiger partial charge < -0.3 is 9.84 Å². The van der Waals surface area contributed by atoms with Crippen molar-refractivity contribution in [1.29, 1.82) is 0 Å². The van der Waals surface area contributed by atoms with E-state index in [0.29, 0.717) is 18.6 Å². The maximum atomic E-state index is 11.4. The van der Waals surface area contributed by atoms with Gasteiger partial charge in [-0.15, -0.1) is 0 Å². The van der Waals surface area contributed by atoms with Crippen molar-refractivity contribution in [2.45, 2.75) is 26.7 Å². The molecule has 0 radical (unpaired) electrons. The molecule has 1 aromatic rings. The standard InChI is InChI=1S/C13H16O3/c1-3-4-5-6-13(15)16-12-8-7-11(14)9-10(12)2/h3-4,7-9,14H,5-6H2,1-2H3. The van der Waals surface area contributed by atoms with Gasteiger partial charge >= 0.3 is 5.97 Å². The second kappa shape index (κ2) is 5.95. The van der Waals surface area contributed by atoms with E-state index >= 15 is 0 Å². The third kappa shape index (κ3) is 3.77. The van der Waals surface area contributed by atoms with Crippen LogP contribution in [0, 0.1) is 6.92 Å². The van der Waals surface area contributed by atoms with Gasteiger partial charge in [-0.2, -0.15) is 0 Å². The van der Waals surface area contributed by atoms with Crippen LogP contribution in [-0.2, 0) is 4.79 Å². The molecule has 0 aliphatic carbocycles. The summed E-state index contributed by atoms with van der Waals surface area (Å²) in [5, 5.41) is 9.20. The van der Waals surface area contributed by atoms with Crippen LogP contribution in [0.15, 0.2) is 30.4 Å². The molecule has 0 saturated heterocycles. The van der Waals surface area contributed by atoms with Gasteiger partial charge in [-0.1, -0.05) is 12.2 Å². The number of aromatic hydroxyl groups is 1. The van der Waals surface area contributed by atoms with E-state index in [2.05, 4.69) is 0 Å². The van der Waals surface area contributed by atoms with E-state index in [9.17, 15) is 9.90 Å². The molecule has 0 fully saturated rings. The fourth-order valence-electron chi connectivity index (χ4n) is 1.29. The van der Waals surface area contributed by atoms with E-state index in [4.69, 9.17) is 4.74 Å². The molecule has 3 nitrogen and oxygen atoms in total. The zero-order chi connectivity index (χ0) is 12.0. The van der Waals surface area contributed by atoms with Crippen molar-refractivity contribution in [3.05, 3.63) is 35.9 Å². The highest BCUT2D eigenvalue weighted by atomic mass is 16.5. The number of allylic oxidation sites excluding steroid dienone is 2. The number of phenols is 1. The third-order valence-electron chi connectivity index (χ3n) is 2.13. The fourth-order valence-corrected chi connectivity index (χ4v) is 1.29. The van der Waals surface area contributed by atoms with Gasteiger partial charge in [-0.25, -0.2) is 0 Å². The quantitative estimate of drug-likeness (QED) is 0.482. The Morgan fingerprint density at radius 2 is 2.25 bits per heavy atom. The molecule has 0 saturated carbocycles. The number of carbonyl (C=O) groups excluding carboxylic acids is 1. The summed E-state index contributed by atoms with van der Waals surface area (Å²) in [7, 11) is 0. The number of esters is 1. The summed E-state index contributed by atoms with van der Waals surface area (Å²) in [6, 6.07) is 4.66. The number of carbonyl (C=O) groups is 1. The monoisotopic (exact) mass is 220 g/mol. The molecular formula is C13H16O3. The lowest BCUT2D eigenvalue weighted by molar-refractivity contribution is -0.134. The molecule has 0 heterocycles. The first kappa shape index (κ1) is 12.3. The molecule has 1 N–H and O–H groups in total. The SMILES string of the molecule is CC=CCCC(=O)Oc1ccc(O)cc1C. The molecule has 16 heavy (non-hydrogen) atoms. The average molecular weight is 220 g/mol. The highest BCUT2D eigenvalue weighted by Crippen LogP contribution is 2.22. The summed E-state index contributed by atoms with van der Waals surface area (Å²) in [6.45, 7) is 3.70. The van der Waals surface area contributed by atoms with Crippen LogP contribution in [0.1, 0.15) is 25.3 Å². The number of ether oxygens (including phenoxy) is 1. The van der Waals surface area contributed by atoms with E-state index in [0.717, 1.165) is 5.56 Å². The maximum Gasteiger partial charge on any atom is 0.311 e. The second-order valence-electron chi connectivity index (χ2n) is 3.53. The first-order chi connectivity index (χ1) is 7.63. The summed E-state index contributed by atoms with van der Waals surface area (Å²) in [5.41, 5.74) is 0.749. The maximum absolute atomic E-state index is 11.4. The van der Waals surface area contributed by atoms with Gasteiger partial charge in [-0.3, -0.25) is 4.79 Å². The summed E-state index contributed by atoms with van der Waals surface area (Å²) in [6.07, 6.45) is 4.88. The average Bonchev–Trinajstić information content (AvgIpc) is 2.23. The summed E-state index contributed by atoms with van der Waals surface area (Å²) < 4.78 is 5.16. The predicted molar refractivity (Wildman–Crippen MR) is 62.5 cm³/mol. The minimum Gasteiger partial charge on any atom is -0.508 e. The second-order valence-corrected chi connectivity index (χ2v) is 3.53. The lowest BCUT2D eigenvalue weighted by atomic mass is 10.2. The van der Waals surface area contributed by atoms with Crippen molar-refractivity contribution in [3.63, 3.8) is 0 Å². The molecule has 0 aromatic heterocycles. The first-order valence-electron chi connectivity index (χ1n) is 5.25. The van der Waals surface area contributed by atoms with E-state index in [1.54, 1.807) is 19.1 Å². The molecule has 0 spiro atoms. The van der Waals surface area contributed by atoms with Crippen LogP contribution >= 0.6 is 0 Å². The third-order valence-corrected chi connectivity index (χ3v) is 2.13. The minimum absolute atomic E-state index is 0.172. The number of aryl methyl sites for hydroxylation is 1. The van der Waals surface area contributed by atoms with Crippen molar-refractivity contribution in [3.8, 4) is 11.5 Å². The molecule has 1 aromatic carbocycles. The van der Waals surface area contributed by atoms with Gasteiger partial charge in [0.15, 0.2) is 0 Å². The van der Waals surface area contributed by atoms with Crippen LogP contribution < -0.4 is 4.74 Å². The normalized spacial score (nSPS) is 10.6. The van der Waals surface area contributed by atoms with E-state index in [1.165, 1.54) is 6.07 Å². The van der Waals surface area contributed by atoms with Crippen molar-refractivity contribution in [1.82, 2.24) is 0 Å².